The number of nitrogens with zero attached hydrogens (tertiary/aromatic N) is 4. The van der Waals surface area contributed by atoms with Crippen molar-refractivity contribution in [2.24, 2.45) is 0 Å². The Morgan fingerprint density at radius 1 is 1.23 bits per heavy atom. The summed E-state index contributed by atoms with van der Waals surface area (Å²) in [5, 5.41) is 16.9. The molecule has 2 N–H and O–H groups in total. The molecule has 112 valence electrons. The van der Waals surface area contributed by atoms with Crippen molar-refractivity contribution >= 4 is 5.82 Å². The van der Waals surface area contributed by atoms with Gasteiger partial charge in [0.2, 0.25) is 0 Å². The van der Waals surface area contributed by atoms with Crippen molar-refractivity contribution < 1.29 is 5.11 Å². The summed E-state index contributed by atoms with van der Waals surface area (Å²) in [5.74, 6) is 1.35. The molecule has 1 aromatic carbocycles. The molecule has 0 radical (unpaired) electrons. The maximum absolute atomic E-state index is 9.50. The lowest BCUT2D eigenvalue weighted by molar-refractivity contribution is 0.199. The van der Waals surface area contributed by atoms with E-state index in [9.17, 15) is 5.11 Å². The van der Waals surface area contributed by atoms with Gasteiger partial charge in [-0.15, -0.1) is 0 Å². The number of hydrogen-bond donors (Lipinski definition) is 2. The summed E-state index contributed by atoms with van der Waals surface area (Å²) in [7, 11) is 0. The monoisotopic (exact) mass is 295 g/mol. The first-order chi connectivity index (χ1) is 10.7. The second-order valence-electron chi connectivity index (χ2n) is 4.98. The highest BCUT2D eigenvalue weighted by atomic mass is 16.3. The first kappa shape index (κ1) is 14.2. The van der Waals surface area contributed by atoms with Gasteiger partial charge >= 0.3 is 0 Å². The Morgan fingerprint density at radius 2 is 2.05 bits per heavy atom. The van der Waals surface area contributed by atoms with Crippen LogP contribution in [0.5, 0.6) is 0 Å². The first-order valence-electron chi connectivity index (χ1n) is 7.05. The number of aliphatic hydroxyl groups is 1. The molecule has 3 rings (SSSR count). The summed E-state index contributed by atoms with van der Waals surface area (Å²) in [6.07, 6.45) is 6.42. The molecule has 2 heterocycles. The molecule has 0 aliphatic heterocycles. The van der Waals surface area contributed by atoms with Crippen LogP contribution in [0.1, 0.15) is 24.2 Å². The second-order valence-corrected chi connectivity index (χ2v) is 4.98. The highest BCUT2D eigenvalue weighted by Gasteiger charge is 2.03. The summed E-state index contributed by atoms with van der Waals surface area (Å²) in [4.78, 5) is 8.63. The fourth-order valence-corrected chi connectivity index (χ4v) is 2.06. The van der Waals surface area contributed by atoms with Crippen LogP contribution in [0.2, 0.25) is 0 Å². The molecule has 0 fully saturated rings. The summed E-state index contributed by atoms with van der Waals surface area (Å²) in [6.45, 7) is 2.39. The molecule has 1 unspecified atom stereocenters. The van der Waals surface area contributed by atoms with E-state index in [0.717, 1.165) is 11.1 Å². The van der Waals surface area contributed by atoms with Gasteiger partial charge in [-0.1, -0.05) is 24.3 Å². The Bertz CT molecular complexity index is 723. The molecule has 3 aromatic rings. The van der Waals surface area contributed by atoms with Gasteiger partial charge in [0.05, 0.1) is 18.5 Å². The van der Waals surface area contributed by atoms with E-state index in [4.69, 9.17) is 0 Å². The summed E-state index contributed by atoms with van der Waals surface area (Å²) < 4.78 is 1.66. The lowest BCUT2D eigenvalue weighted by atomic mass is 10.1. The minimum Gasteiger partial charge on any atom is -0.389 e. The second kappa shape index (κ2) is 6.36. The molecule has 6 heteroatoms. The Morgan fingerprint density at radius 3 is 2.73 bits per heavy atom. The third-order valence-corrected chi connectivity index (χ3v) is 3.30. The molecule has 0 aliphatic carbocycles. The molecule has 22 heavy (non-hydrogen) atoms. The number of anilines is 1. The maximum atomic E-state index is 9.50. The van der Waals surface area contributed by atoms with Gasteiger partial charge in [-0.25, -0.2) is 9.67 Å². The van der Waals surface area contributed by atoms with Gasteiger partial charge in [0.15, 0.2) is 5.82 Å². The zero-order valence-electron chi connectivity index (χ0n) is 12.2. The number of aromatic nitrogens is 4. The Hall–Kier alpha value is -2.73. The fourth-order valence-electron chi connectivity index (χ4n) is 2.06. The van der Waals surface area contributed by atoms with Crippen LogP contribution in [0.3, 0.4) is 0 Å². The largest absolute Gasteiger partial charge is 0.389 e. The quantitative estimate of drug-likeness (QED) is 0.755. The average Bonchev–Trinajstić information content (AvgIpc) is 3.08. The van der Waals surface area contributed by atoms with Gasteiger partial charge in [0.1, 0.15) is 5.82 Å². The molecule has 0 saturated heterocycles. The SMILES string of the molecule is CC(O)c1ccc(CNc2cncc(-n3cccn3)n2)cc1. The predicted octanol–water partition coefficient (Wildman–Crippen LogP) is 2.33. The van der Waals surface area contributed by atoms with Crippen molar-refractivity contribution in [1.82, 2.24) is 19.7 Å². The Kier molecular flexibility index (Phi) is 4.11. The topological polar surface area (TPSA) is 75.9 Å². The van der Waals surface area contributed by atoms with Gasteiger partial charge in [-0.2, -0.15) is 5.10 Å². The maximum Gasteiger partial charge on any atom is 0.173 e. The van der Waals surface area contributed by atoms with Crippen molar-refractivity contribution in [3.05, 3.63) is 66.2 Å². The van der Waals surface area contributed by atoms with E-state index in [0.29, 0.717) is 18.2 Å². The van der Waals surface area contributed by atoms with Crippen molar-refractivity contribution in [3.63, 3.8) is 0 Å². The van der Waals surface area contributed by atoms with E-state index in [-0.39, 0.29) is 0 Å². The molecule has 0 spiro atoms. The van der Waals surface area contributed by atoms with Gasteiger partial charge in [0.25, 0.3) is 0 Å². The Labute approximate surface area is 128 Å². The van der Waals surface area contributed by atoms with E-state index >= 15 is 0 Å². The number of aliphatic hydroxyl groups excluding tert-OH is 1. The zero-order valence-corrected chi connectivity index (χ0v) is 12.2. The number of benzene rings is 1. The number of nitrogens with one attached hydrogen (secondary N) is 1. The molecular formula is C16H17N5O. The highest BCUT2D eigenvalue weighted by Crippen LogP contribution is 2.14. The van der Waals surface area contributed by atoms with Crippen LogP contribution in [0.15, 0.2) is 55.1 Å². The van der Waals surface area contributed by atoms with Gasteiger partial charge in [0, 0.05) is 18.9 Å². The summed E-state index contributed by atoms with van der Waals surface area (Å²) in [5.41, 5.74) is 2.01. The molecular weight excluding hydrogens is 278 g/mol. The zero-order chi connectivity index (χ0) is 15.4. The third kappa shape index (κ3) is 3.29. The molecule has 1 atom stereocenters. The van der Waals surface area contributed by atoms with Crippen LogP contribution >= 0.6 is 0 Å². The minimum atomic E-state index is -0.446. The number of hydrogen-bond acceptors (Lipinski definition) is 5. The van der Waals surface area contributed by atoms with Crippen LogP contribution in [-0.4, -0.2) is 24.9 Å². The van der Waals surface area contributed by atoms with Gasteiger partial charge in [-0.3, -0.25) is 4.98 Å². The van der Waals surface area contributed by atoms with E-state index in [1.54, 1.807) is 30.2 Å². The molecule has 0 amide bonds. The Balaban J connectivity index is 1.67. The first-order valence-corrected chi connectivity index (χ1v) is 7.05. The normalized spacial score (nSPS) is 12.1. The van der Waals surface area contributed by atoms with E-state index in [2.05, 4.69) is 20.4 Å². The van der Waals surface area contributed by atoms with Crippen molar-refractivity contribution in [2.45, 2.75) is 19.6 Å². The average molecular weight is 295 g/mol. The molecule has 0 saturated carbocycles. The summed E-state index contributed by atoms with van der Waals surface area (Å²) >= 11 is 0. The van der Waals surface area contributed by atoms with E-state index < -0.39 is 6.10 Å². The smallest absolute Gasteiger partial charge is 0.173 e. The van der Waals surface area contributed by atoms with E-state index in [1.807, 2.05) is 36.5 Å². The van der Waals surface area contributed by atoms with Crippen molar-refractivity contribution in [1.29, 1.82) is 0 Å². The third-order valence-electron chi connectivity index (χ3n) is 3.30. The molecule has 0 bridgehead atoms. The standard InChI is InChI=1S/C16H17N5O/c1-12(22)14-5-3-13(4-6-14)9-18-15-10-17-11-16(20-15)21-8-2-7-19-21/h2-8,10-12,22H,9H2,1H3,(H,18,20). The van der Waals surface area contributed by atoms with Crippen LogP contribution in [0.4, 0.5) is 5.82 Å². The van der Waals surface area contributed by atoms with Crippen molar-refractivity contribution in [3.8, 4) is 5.82 Å². The van der Waals surface area contributed by atoms with Gasteiger partial charge in [-0.05, 0) is 24.1 Å². The summed E-state index contributed by atoms with van der Waals surface area (Å²) in [6, 6.07) is 9.66. The molecule has 6 nitrogen and oxygen atoms in total. The highest BCUT2D eigenvalue weighted by molar-refractivity contribution is 5.37. The van der Waals surface area contributed by atoms with Crippen LogP contribution in [0.25, 0.3) is 5.82 Å². The van der Waals surface area contributed by atoms with Crippen LogP contribution < -0.4 is 5.32 Å². The van der Waals surface area contributed by atoms with Gasteiger partial charge < -0.3 is 10.4 Å². The number of rotatable bonds is 5. The van der Waals surface area contributed by atoms with Crippen LogP contribution in [0, 0.1) is 0 Å². The fraction of sp³-hybridized carbons (Fsp3) is 0.188. The lowest BCUT2D eigenvalue weighted by Crippen LogP contribution is -2.05. The lowest BCUT2D eigenvalue weighted by Gasteiger charge is -2.09. The molecule has 2 aromatic heterocycles. The van der Waals surface area contributed by atoms with Crippen LogP contribution in [-0.2, 0) is 6.54 Å². The predicted molar refractivity (Wildman–Crippen MR) is 83.6 cm³/mol. The minimum absolute atomic E-state index is 0.446. The van der Waals surface area contributed by atoms with Crippen molar-refractivity contribution in [2.75, 3.05) is 5.32 Å². The van der Waals surface area contributed by atoms with E-state index in [1.165, 1.54) is 0 Å². The molecule has 0 aliphatic rings.